The lowest BCUT2D eigenvalue weighted by Gasteiger charge is -2.24. The first kappa shape index (κ1) is 20.3. The van der Waals surface area contributed by atoms with Gasteiger partial charge in [0.25, 0.3) is 0 Å². The molecule has 0 spiro atoms. The van der Waals surface area contributed by atoms with Crippen molar-refractivity contribution in [2.24, 2.45) is 0 Å². The number of aromatic nitrogens is 2. The van der Waals surface area contributed by atoms with Gasteiger partial charge in [-0.15, -0.1) is 11.3 Å². The molecule has 0 aliphatic carbocycles. The van der Waals surface area contributed by atoms with Crippen molar-refractivity contribution in [3.8, 4) is 0 Å². The number of benzene rings is 1. The number of hydrogen-bond donors (Lipinski definition) is 1. The summed E-state index contributed by atoms with van der Waals surface area (Å²) in [6, 6.07) is 8.59. The van der Waals surface area contributed by atoms with Crippen molar-refractivity contribution in [1.82, 2.24) is 9.97 Å². The Balaban J connectivity index is 1.35. The highest BCUT2D eigenvalue weighted by atomic mass is 32.1. The Morgan fingerprint density at radius 2 is 2.07 bits per heavy atom. The minimum absolute atomic E-state index is 0.203. The maximum absolute atomic E-state index is 6.21. The average molecular weight is 412 g/mol. The van der Waals surface area contributed by atoms with E-state index in [1.165, 1.54) is 24.0 Å². The first-order valence-electron chi connectivity index (χ1n) is 10.4. The molecule has 1 aromatic carbocycles. The molecule has 154 valence electrons. The first-order chi connectivity index (χ1) is 14.1. The fourth-order valence-electron chi connectivity index (χ4n) is 3.81. The second kappa shape index (κ2) is 8.78. The van der Waals surface area contributed by atoms with Gasteiger partial charge in [0.05, 0.1) is 18.1 Å². The van der Waals surface area contributed by atoms with Crippen LogP contribution in [0.15, 0.2) is 36.0 Å². The number of thiophene rings is 1. The van der Waals surface area contributed by atoms with E-state index in [0.717, 1.165) is 41.0 Å². The number of nitrogens with zero attached hydrogens (tertiary/aromatic N) is 2. The molecule has 29 heavy (non-hydrogen) atoms. The molecule has 0 saturated carbocycles. The molecule has 1 saturated heterocycles. The molecular formula is C23H29N3O2S. The third-order valence-corrected chi connectivity index (χ3v) is 6.56. The van der Waals surface area contributed by atoms with Gasteiger partial charge in [-0.3, -0.25) is 0 Å². The summed E-state index contributed by atoms with van der Waals surface area (Å²) >= 11 is 1.66. The van der Waals surface area contributed by atoms with E-state index in [-0.39, 0.29) is 6.10 Å². The van der Waals surface area contributed by atoms with Gasteiger partial charge < -0.3 is 14.8 Å². The smallest absolute Gasteiger partial charge is 0.192 e. The number of anilines is 1. The summed E-state index contributed by atoms with van der Waals surface area (Å²) in [4.78, 5) is 9.81. The summed E-state index contributed by atoms with van der Waals surface area (Å²) in [5.41, 5.74) is 3.58. The van der Waals surface area contributed by atoms with E-state index in [1.807, 2.05) is 6.92 Å². The van der Waals surface area contributed by atoms with Crippen LogP contribution >= 0.6 is 11.3 Å². The van der Waals surface area contributed by atoms with Gasteiger partial charge in [-0.25, -0.2) is 9.97 Å². The zero-order valence-electron chi connectivity index (χ0n) is 17.4. The lowest BCUT2D eigenvalue weighted by molar-refractivity contribution is -0.162. The monoisotopic (exact) mass is 411 g/mol. The van der Waals surface area contributed by atoms with E-state index in [1.54, 1.807) is 17.7 Å². The second-order valence-corrected chi connectivity index (χ2v) is 8.69. The number of aryl methyl sites for hydroxylation is 1. The Labute approximate surface area is 176 Å². The molecular weight excluding hydrogens is 382 g/mol. The molecule has 2 atom stereocenters. The number of rotatable bonds is 8. The minimum atomic E-state index is -0.627. The van der Waals surface area contributed by atoms with Crippen molar-refractivity contribution >= 4 is 27.4 Å². The molecule has 1 fully saturated rings. The molecule has 2 aromatic heterocycles. The molecule has 2 unspecified atom stereocenters. The van der Waals surface area contributed by atoms with Gasteiger partial charge in [-0.05, 0) is 43.2 Å². The Kier molecular flexibility index (Phi) is 6.13. The quantitative estimate of drug-likeness (QED) is 0.535. The maximum atomic E-state index is 6.21. The lowest BCUT2D eigenvalue weighted by atomic mass is 10.0. The largest absolute Gasteiger partial charge is 0.369 e. The predicted octanol–water partition coefficient (Wildman–Crippen LogP) is 5.43. The average Bonchev–Trinajstić information content (AvgIpc) is 3.31. The van der Waals surface area contributed by atoms with E-state index in [9.17, 15) is 0 Å². The van der Waals surface area contributed by atoms with Gasteiger partial charge in [-0.1, -0.05) is 44.0 Å². The van der Waals surface area contributed by atoms with Crippen LogP contribution in [0.4, 0.5) is 5.82 Å². The van der Waals surface area contributed by atoms with Gasteiger partial charge in [0, 0.05) is 12.1 Å². The first-order valence-corrected chi connectivity index (χ1v) is 11.3. The van der Waals surface area contributed by atoms with Crippen molar-refractivity contribution in [3.63, 3.8) is 0 Å². The molecule has 1 aliphatic rings. The predicted molar refractivity (Wildman–Crippen MR) is 118 cm³/mol. The van der Waals surface area contributed by atoms with Crippen LogP contribution in [-0.4, -0.2) is 29.2 Å². The lowest BCUT2D eigenvalue weighted by Crippen LogP contribution is -2.23. The van der Waals surface area contributed by atoms with Crippen molar-refractivity contribution in [2.75, 3.05) is 18.5 Å². The third kappa shape index (κ3) is 4.44. The zero-order valence-corrected chi connectivity index (χ0v) is 18.2. The van der Waals surface area contributed by atoms with E-state index >= 15 is 0 Å². The Morgan fingerprint density at radius 1 is 1.24 bits per heavy atom. The van der Waals surface area contributed by atoms with Gasteiger partial charge in [0.1, 0.15) is 17.0 Å². The Bertz CT molecular complexity index is 956. The summed E-state index contributed by atoms with van der Waals surface area (Å²) in [6.07, 6.45) is 6.19. The van der Waals surface area contributed by atoms with E-state index in [0.29, 0.717) is 6.61 Å². The standard InChI is InChI=1S/C23H29N3O2S/c1-4-5-6-19-13-27-23(3,28-19)18-9-7-17(8-10-18)11-12-24-21-20-16(2)14-29-22(20)26-15-25-21/h7-10,14-15,19H,4-6,11-13H2,1-3H3,(H,24,25,26). The Hall–Kier alpha value is -2.02. The number of ether oxygens (including phenoxy) is 2. The van der Waals surface area contributed by atoms with Crippen LogP contribution in [0, 0.1) is 6.92 Å². The highest BCUT2D eigenvalue weighted by molar-refractivity contribution is 7.17. The van der Waals surface area contributed by atoms with Crippen LogP contribution in [0.3, 0.4) is 0 Å². The Morgan fingerprint density at radius 3 is 2.86 bits per heavy atom. The number of hydrogen-bond acceptors (Lipinski definition) is 6. The number of nitrogens with one attached hydrogen (secondary N) is 1. The minimum Gasteiger partial charge on any atom is -0.369 e. The van der Waals surface area contributed by atoms with Crippen LogP contribution in [0.2, 0.25) is 0 Å². The van der Waals surface area contributed by atoms with Crippen molar-refractivity contribution in [2.45, 2.75) is 58.3 Å². The van der Waals surface area contributed by atoms with Crippen molar-refractivity contribution < 1.29 is 9.47 Å². The fourth-order valence-corrected chi connectivity index (χ4v) is 4.70. The van der Waals surface area contributed by atoms with Crippen LogP contribution in [-0.2, 0) is 21.7 Å². The van der Waals surface area contributed by atoms with Crippen LogP contribution < -0.4 is 5.32 Å². The molecule has 1 aliphatic heterocycles. The van der Waals surface area contributed by atoms with Gasteiger partial charge >= 0.3 is 0 Å². The zero-order chi connectivity index (χ0) is 20.3. The second-order valence-electron chi connectivity index (χ2n) is 7.83. The van der Waals surface area contributed by atoms with Gasteiger partial charge in [-0.2, -0.15) is 0 Å². The van der Waals surface area contributed by atoms with E-state index in [4.69, 9.17) is 9.47 Å². The normalized spacial score (nSPS) is 21.7. The molecule has 3 aromatic rings. The number of fused-ring (bicyclic) bond motifs is 1. The summed E-state index contributed by atoms with van der Waals surface area (Å²) in [7, 11) is 0. The maximum Gasteiger partial charge on any atom is 0.192 e. The summed E-state index contributed by atoms with van der Waals surface area (Å²) in [5.74, 6) is 0.293. The molecule has 4 rings (SSSR count). The van der Waals surface area contributed by atoms with Gasteiger partial charge in [0.2, 0.25) is 0 Å². The highest BCUT2D eigenvalue weighted by Gasteiger charge is 2.38. The molecule has 0 radical (unpaired) electrons. The molecule has 0 bridgehead atoms. The fraction of sp³-hybridized carbons (Fsp3) is 0.478. The van der Waals surface area contributed by atoms with Crippen molar-refractivity contribution in [1.29, 1.82) is 0 Å². The molecule has 5 nitrogen and oxygen atoms in total. The molecule has 1 N–H and O–H groups in total. The van der Waals surface area contributed by atoms with E-state index < -0.39 is 5.79 Å². The summed E-state index contributed by atoms with van der Waals surface area (Å²) in [6.45, 7) is 7.84. The van der Waals surface area contributed by atoms with Crippen LogP contribution in [0.1, 0.15) is 49.8 Å². The van der Waals surface area contributed by atoms with Crippen LogP contribution in [0.25, 0.3) is 10.2 Å². The molecule has 0 amide bonds. The van der Waals surface area contributed by atoms with Gasteiger partial charge in [0.15, 0.2) is 5.79 Å². The molecule has 3 heterocycles. The number of unbranched alkanes of at least 4 members (excludes halogenated alkanes) is 1. The molecule has 6 heteroatoms. The highest BCUT2D eigenvalue weighted by Crippen LogP contribution is 2.35. The van der Waals surface area contributed by atoms with E-state index in [2.05, 4.69) is 58.8 Å². The van der Waals surface area contributed by atoms with Crippen molar-refractivity contribution in [3.05, 3.63) is 52.7 Å². The third-order valence-electron chi connectivity index (χ3n) is 5.55. The topological polar surface area (TPSA) is 56.3 Å². The SMILES string of the molecule is CCCCC1COC(C)(c2ccc(CCNc3ncnc4scc(C)c34)cc2)O1. The summed E-state index contributed by atoms with van der Waals surface area (Å²) < 4.78 is 12.2. The van der Waals surface area contributed by atoms with Crippen LogP contribution in [0.5, 0.6) is 0 Å². The summed E-state index contributed by atoms with van der Waals surface area (Å²) in [5, 5.41) is 6.73.